The fraction of sp³-hybridized carbons (Fsp3) is 0. The molecule has 0 saturated carbocycles. The Kier molecular flexibility index (Phi) is 5.22. The Labute approximate surface area is 177 Å². The van der Waals surface area contributed by atoms with Crippen LogP contribution in [0.3, 0.4) is 0 Å². The van der Waals surface area contributed by atoms with Gasteiger partial charge in [-0.1, -0.05) is 0 Å². The maximum Gasteiger partial charge on any atom is 0.214 e. The molecule has 0 aliphatic carbocycles. The van der Waals surface area contributed by atoms with Crippen LogP contribution in [-0.2, 0) is 0 Å². The summed E-state index contributed by atoms with van der Waals surface area (Å²) in [6, 6.07) is 6.00. The molecule has 0 saturated heterocycles. The fourth-order valence-corrected chi connectivity index (χ4v) is 5.28. The first-order chi connectivity index (χ1) is 13.2. The molecule has 5 aromatic rings. The van der Waals surface area contributed by atoms with Crippen molar-refractivity contribution < 1.29 is 0 Å². The second-order valence-corrected chi connectivity index (χ2v) is 9.01. The van der Waals surface area contributed by atoms with Crippen LogP contribution in [0.25, 0.3) is 30.9 Å². The van der Waals surface area contributed by atoms with E-state index in [0.29, 0.717) is 5.82 Å². The number of thiophene rings is 2. The van der Waals surface area contributed by atoms with Gasteiger partial charge in [0.2, 0.25) is 5.82 Å². The standard InChI is InChI=1S/C8H4BrN5S.C8H3BrN2S/c9-5-2-10-3-7-4(5)1-6(15-7)8-11-13-14-12-8;9-7-3-11-4-8-6(7)1-5(2-10)12-8/h1-3H,(H,11,12,13,14);1,3-4H. The summed E-state index contributed by atoms with van der Waals surface area (Å²) in [5.74, 6) is 0.614. The summed E-state index contributed by atoms with van der Waals surface area (Å²) in [4.78, 5) is 9.82. The summed E-state index contributed by atoms with van der Waals surface area (Å²) >= 11 is 9.88. The van der Waals surface area contributed by atoms with E-state index in [4.69, 9.17) is 5.26 Å². The summed E-state index contributed by atoms with van der Waals surface area (Å²) in [6.07, 6.45) is 7.10. The van der Waals surface area contributed by atoms with E-state index < -0.39 is 0 Å². The van der Waals surface area contributed by atoms with Crippen molar-refractivity contribution >= 4 is 74.7 Å². The van der Waals surface area contributed by atoms with Gasteiger partial charge < -0.3 is 0 Å². The molecule has 0 aliphatic rings. The Morgan fingerprint density at radius 2 is 1.59 bits per heavy atom. The van der Waals surface area contributed by atoms with E-state index in [1.807, 2.05) is 18.3 Å². The predicted octanol–water partition coefficient (Wildman–Crippen LogP) is 5.17. The molecule has 0 bridgehead atoms. The maximum absolute atomic E-state index is 8.65. The number of fused-ring (bicyclic) bond motifs is 2. The Hall–Kier alpha value is -2.26. The lowest BCUT2D eigenvalue weighted by molar-refractivity contribution is 0.881. The molecule has 7 nitrogen and oxygen atoms in total. The van der Waals surface area contributed by atoms with Gasteiger partial charge in [0.05, 0.1) is 14.3 Å². The van der Waals surface area contributed by atoms with Gasteiger partial charge in [0.25, 0.3) is 0 Å². The normalized spacial score (nSPS) is 10.6. The van der Waals surface area contributed by atoms with E-state index in [9.17, 15) is 0 Å². The van der Waals surface area contributed by atoms with Gasteiger partial charge in [-0.25, -0.2) is 0 Å². The first-order valence-corrected chi connectivity index (χ1v) is 10.6. The summed E-state index contributed by atoms with van der Waals surface area (Å²) in [5.41, 5.74) is 0. The highest BCUT2D eigenvalue weighted by Gasteiger charge is 2.09. The number of rotatable bonds is 1. The van der Waals surface area contributed by atoms with Crippen LogP contribution in [0.15, 0.2) is 45.9 Å². The van der Waals surface area contributed by atoms with Gasteiger partial charge in [-0.2, -0.15) is 10.5 Å². The van der Waals surface area contributed by atoms with E-state index in [-0.39, 0.29) is 0 Å². The third-order valence-corrected chi connectivity index (χ3v) is 6.78. The van der Waals surface area contributed by atoms with Crippen LogP contribution in [0.1, 0.15) is 4.88 Å². The van der Waals surface area contributed by atoms with E-state index in [1.165, 1.54) is 11.3 Å². The molecule has 11 heteroatoms. The number of pyridine rings is 2. The smallest absolute Gasteiger partial charge is 0.214 e. The van der Waals surface area contributed by atoms with Crippen molar-refractivity contribution in [3.8, 4) is 16.8 Å². The van der Waals surface area contributed by atoms with Crippen LogP contribution >= 0.6 is 54.5 Å². The van der Waals surface area contributed by atoms with E-state index in [0.717, 1.165) is 38.9 Å². The van der Waals surface area contributed by atoms with Crippen molar-refractivity contribution in [2.24, 2.45) is 0 Å². The number of nitriles is 1. The Bertz CT molecular complexity index is 1270. The molecule has 0 aliphatic heterocycles. The van der Waals surface area contributed by atoms with E-state index in [1.54, 1.807) is 29.9 Å². The van der Waals surface area contributed by atoms with Crippen LogP contribution in [0, 0.1) is 11.3 Å². The van der Waals surface area contributed by atoms with Crippen molar-refractivity contribution in [1.29, 1.82) is 5.26 Å². The topological polar surface area (TPSA) is 104 Å². The second-order valence-electron chi connectivity index (χ2n) is 5.13. The zero-order chi connectivity index (χ0) is 18.8. The van der Waals surface area contributed by atoms with Crippen molar-refractivity contribution in [3.63, 3.8) is 0 Å². The van der Waals surface area contributed by atoms with Crippen LogP contribution in [-0.4, -0.2) is 30.6 Å². The van der Waals surface area contributed by atoms with Crippen LogP contribution in [0.4, 0.5) is 0 Å². The average molecular weight is 521 g/mol. The van der Waals surface area contributed by atoms with E-state index in [2.05, 4.69) is 68.5 Å². The summed E-state index contributed by atoms with van der Waals surface area (Å²) in [6.45, 7) is 0. The number of aromatic amines is 1. The minimum atomic E-state index is 0.614. The molecule has 0 unspecified atom stereocenters. The van der Waals surface area contributed by atoms with Crippen LogP contribution in [0.5, 0.6) is 0 Å². The van der Waals surface area contributed by atoms with Crippen molar-refractivity contribution in [3.05, 3.63) is 50.7 Å². The highest BCUT2D eigenvalue weighted by Crippen LogP contribution is 2.34. The lowest BCUT2D eigenvalue weighted by Crippen LogP contribution is -1.73. The van der Waals surface area contributed by atoms with Gasteiger partial charge in [-0.3, -0.25) is 9.97 Å². The molecule has 0 amide bonds. The molecule has 27 heavy (non-hydrogen) atoms. The second kappa shape index (κ2) is 7.77. The fourth-order valence-electron chi connectivity index (χ4n) is 2.29. The van der Waals surface area contributed by atoms with Crippen LogP contribution in [0.2, 0.25) is 0 Å². The molecular formula is C16H7Br2N7S2. The zero-order valence-corrected chi connectivity index (χ0v) is 18.0. The number of H-pyrrole nitrogens is 1. The first-order valence-electron chi connectivity index (χ1n) is 7.35. The number of tetrazole rings is 1. The Morgan fingerprint density at radius 1 is 0.926 bits per heavy atom. The van der Waals surface area contributed by atoms with Crippen molar-refractivity contribution in [2.75, 3.05) is 0 Å². The first kappa shape index (κ1) is 18.1. The number of nitrogens with one attached hydrogen (secondary N) is 1. The molecule has 0 radical (unpaired) electrons. The summed E-state index contributed by atoms with van der Waals surface area (Å²) in [5, 5.41) is 24.7. The van der Waals surface area contributed by atoms with Gasteiger partial charge in [0.1, 0.15) is 10.9 Å². The van der Waals surface area contributed by atoms with E-state index >= 15 is 0 Å². The average Bonchev–Trinajstić information content (AvgIpc) is 3.41. The number of hydrogen-bond acceptors (Lipinski definition) is 8. The van der Waals surface area contributed by atoms with Gasteiger partial charge >= 0.3 is 0 Å². The number of halogens is 2. The maximum atomic E-state index is 8.65. The molecule has 0 spiro atoms. The summed E-state index contributed by atoms with van der Waals surface area (Å²) < 4.78 is 4.06. The molecule has 0 aromatic carbocycles. The highest BCUT2D eigenvalue weighted by atomic mass is 79.9. The minimum Gasteiger partial charge on any atom is -0.262 e. The Morgan fingerprint density at radius 3 is 2.15 bits per heavy atom. The minimum absolute atomic E-state index is 0.614. The monoisotopic (exact) mass is 519 g/mol. The molecular weight excluding hydrogens is 514 g/mol. The quantitative estimate of drug-likeness (QED) is 0.327. The lowest BCUT2D eigenvalue weighted by atomic mass is 10.3. The molecule has 5 rings (SSSR count). The molecule has 1 N–H and O–H groups in total. The SMILES string of the molecule is Brc1cncc2sc(-c3nn[nH]n3)cc12.N#Cc1cc2c(Br)cncc2s1. The van der Waals surface area contributed by atoms with Gasteiger partial charge in [-0.05, 0) is 49.2 Å². The van der Waals surface area contributed by atoms with Gasteiger partial charge in [-0.15, -0.1) is 32.9 Å². The number of hydrogen-bond donors (Lipinski definition) is 1. The molecule has 132 valence electrons. The highest BCUT2D eigenvalue weighted by molar-refractivity contribution is 9.11. The molecule has 5 aromatic heterocycles. The number of nitrogens with zero attached hydrogens (tertiary/aromatic N) is 6. The molecule has 0 atom stereocenters. The molecule has 0 fully saturated rings. The van der Waals surface area contributed by atoms with Crippen LogP contribution < -0.4 is 0 Å². The lowest BCUT2D eigenvalue weighted by Gasteiger charge is -1.89. The number of aromatic nitrogens is 6. The van der Waals surface area contributed by atoms with Gasteiger partial charge in [0.15, 0.2) is 0 Å². The third-order valence-electron chi connectivity index (χ3n) is 3.47. The van der Waals surface area contributed by atoms with Crippen molar-refractivity contribution in [2.45, 2.75) is 0 Å². The van der Waals surface area contributed by atoms with Gasteiger partial charge in [0, 0.05) is 44.5 Å². The molecule has 5 heterocycles. The van der Waals surface area contributed by atoms with Crippen molar-refractivity contribution in [1.82, 2.24) is 30.6 Å². The predicted molar refractivity (Wildman–Crippen MR) is 113 cm³/mol. The largest absolute Gasteiger partial charge is 0.262 e. The third kappa shape index (κ3) is 3.74. The summed E-state index contributed by atoms with van der Waals surface area (Å²) in [7, 11) is 0. The Balaban J connectivity index is 0.000000137. The zero-order valence-electron chi connectivity index (χ0n) is 13.2.